The zero-order valence-corrected chi connectivity index (χ0v) is 9.85. The zero-order chi connectivity index (χ0) is 14.0. The van der Waals surface area contributed by atoms with Crippen LogP contribution in [0, 0.1) is 0 Å². The molecule has 0 saturated heterocycles. The van der Waals surface area contributed by atoms with E-state index in [9.17, 15) is 13.2 Å². The lowest BCUT2D eigenvalue weighted by Gasteiger charge is -2.21. The molecule has 0 saturated carbocycles. The molecule has 3 nitrogen and oxygen atoms in total. The van der Waals surface area contributed by atoms with Crippen LogP contribution >= 0.6 is 0 Å². The number of hydrogen-bond acceptors (Lipinski definition) is 2. The second kappa shape index (κ2) is 8.38. The molecule has 0 aliphatic rings. The van der Waals surface area contributed by atoms with Gasteiger partial charge in [0.05, 0.1) is 0 Å². The Kier molecular flexibility index (Phi) is 7.58. The van der Waals surface area contributed by atoms with E-state index in [1.54, 1.807) is 25.1 Å². The first kappa shape index (κ1) is 16.3. The summed E-state index contributed by atoms with van der Waals surface area (Å²) in [7, 11) is 0. The van der Waals surface area contributed by atoms with Crippen LogP contribution in [-0.4, -0.2) is 23.9 Å². The van der Waals surface area contributed by atoms with Gasteiger partial charge in [-0.3, -0.25) is 4.79 Å². The molecule has 0 heterocycles. The summed E-state index contributed by atoms with van der Waals surface area (Å²) in [5.41, 5.74) is 0. The van der Waals surface area contributed by atoms with E-state index in [1.807, 2.05) is 0 Å². The predicted octanol–water partition coefficient (Wildman–Crippen LogP) is 3.50. The molecular weight excluding hydrogens is 249 g/mol. The van der Waals surface area contributed by atoms with Crippen molar-refractivity contribution in [2.75, 3.05) is 0 Å². The number of rotatable bonds is 4. The molecule has 1 unspecified atom stereocenters. The number of hydrogen-bond donors (Lipinski definition) is 1. The van der Waals surface area contributed by atoms with Gasteiger partial charge in [-0.2, -0.15) is 13.2 Å². The van der Waals surface area contributed by atoms with Gasteiger partial charge < -0.3 is 9.84 Å². The highest BCUT2D eigenvalue weighted by atomic mass is 19.4. The van der Waals surface area contributed by atoms with Crippen LogP contribution in [0.15, 0.2) is 30.3 Å². The molecule has 0 aromatic heterocycles. The summed E-state index contributed by atoms with van der Waals surface area (Å²) in [4.78, 5) is 8.36. The van der Waals surface area contributed by atoms with Gasteiger partial charge in [-0.05, 0) is 18.6 Å². The predicted molar refractivity (Wildman–Crippen MR) is 60.5 cm³/mol. The number of para-hydroxylation sites is 1. The van der Waals surface area contributed by atoms with Crippen LogP contribution in [0.5, 0.6) is 5.75 Å². The quantitative estimate of drug-likeness (QED) is 0.847. The van der Waals surface area contributed by atoms with E-state index in [4.69, 9.17) is 14.6 Å². The van der Waals surface area contributed by atoms with Crippen molar-refractivity contribution in [3.05, 3.63) is 30.3 Å². The van der Waals surface area contributed by atoms with E-state index < -0.39 is 12.3 Å². The van der Waals surface area contributed by atoms with E-state index in [1.165, 1.54) is 12.1 Å². The van der Waals surface area contributed by atoms with Gasteiger partial charge in [-0.1, -0.05) is 31.5 Å². The maximum atomic E-state index is 12.5. The van der Waals surface area contributed by atoms with E-state index in [-0.39, 0.29) is 18.6 Å². The largest absolute Gasteiger partial charge is 0.483 e. The van der Waals surface area contributed by atoms with Crippen molar-refractivity contribution >= 4 is 6.47 Å². The molecular formula is C12H15F3O3. The number of benzene rings is 1. The Morgan fingerprint density at radius 3 is 2.22 bits per heavy atom. The molecule has 0 aliphatic heterocycles. The standard InChI is InChI=1S/C11H13F3O.CH2O2/c1-2-6-10(11(12,13)14)15-9-7-4-3-5-8-9;2-1-3/h3-5,7-8,10H,2,6H2,1H3;1H,(H,2,3). The zero-order valence-electron chi connectivity index (χ0n) is 9.85. The minimum absolute atomic E-state index is 0.0155. The second-order valence-corrected chi connectivity index (χ2v) is 3.36. The highest BCUT2D eigenvalue weighted by molar-refractivity contribution is 5.32. The molecule has 1 rings (SSSR count). The smallest absolute Gasteiger partial charge is 0.425 e. The molecule has 0 aliphatic carbocycles. The Balaban J connectivity index is 0.000000873. The molecule has 6 heteroatoms. The fourth-order valence-electron chi connectivity index (χ4n) is 1.21. The summed E-state index contributed by atoms with van der Waals surface area (Å²) in [6.07, 6.45) is -5.58. The molecule has 0 radical (unpaired) electrons. The van der Waals surface area contributed by atoms with Gasteiger partial charge in [0.25, 0.3) is 6.47 Å². The van der Waals surface area contributed by atoms with Gasteiger partial charge in [0.2, 0.25) is 0 Å². The summed E-state index contributed by atoms with van der Waals surface area (Å²) in [5.74, 6) is 0.258. The first-order valence-corrected chi connectivity index (χ1v) is 5.32. The van der Waals surface area contributed by atoms with Crippen LogP contribution in [-0.2, 0) is 4.79 Å². The van der Waals surface area contributed by atoms with E-state index in [0.717, 1.165) is 0 Å². The average Bonchev–Trinajstić information content (AvgIpc) is 2.30. The van der Waals surface area contributed by atoms with Crippen molar-refractivity contribution in [3.8, 4) is 5.75 Å². The van der Waals surface area contributed by atoms with E-state index in [2.05, 4.69) is 0 Å². The molecule has 1 atom stereocenters. The summed E-state index contributed by atoms with van der Waals surface area (Å²) in [6, 6.07) is 8.07. The van der Waals surface area contributed by atoms with Gasteiger partial charge in [0.1, 0.15) is 5.75 Å². The SMILES string of the molecule is CCCC(Oc1ccccc1)C(F)(F)F.O=CO. The van der Waals surface area contributed by atoms with Crippen molar-refractivity contribution in [2.45, 2.75) is 32.0 Å². The molecule has 18 heavy (non-hydrogen) atoms. The summed E-state index contributed by atoms with van der Waals surface area (Å²) in [5, 5.41) is 6.89. The Morgan fingerprint density at radius 2 is 1.83 bits per heavy atom. The van der Waals surface area contributed by atoms with Gasteiger partial charge >= 0.3 is 6.18 Å². The third-order valence-corrected chi connectivity index (χ3v) is 1.94. The number of ether oxygens (including phenoxy) is 1. The van der Waals surface area contributed by atoms with Gasteiger partial charge in [-0.25, -0.2) is 0 Å². The highest BCUT2D eigenvalue weighted by Gasteiger charge is 2.40. The summed E-state index contributed by atoms with van der Waals surface area (Å²) < 4.78 is 42.3. The molecule has 0 spiro atoms. The Hall–Kier alpha value is -1.72. The molecule has 0 bridgehead atoms. The Morgan fingerprint density at radius 1 is 1.33 bits per heavy atom. The van der Waals surface area contributed by atoms with Crippen molar-refractivity contribution in [2.24, 2.45) is 0 Å². The van der Waals surface area contributed by atoms with Crippen LogP contribution in [0.1, 0.15) is 19.8 Å². The minimum atomic E-state index is -4.30. The lowest BCUT2D eigenvalue weighted by molar-refractivity contribution is -0.196. The van der Waals surface area contributed by atoms with Crippen molar-refractivity contribution in [1.82, 2.24) is 0 Å². The third kappa shape index (κ3) is 6.78. The lowest BCUT2D eigenvalue weighted by atomic mass is 10.2. The van der Waals surface area contributed by atoms with Crippen LogP contribution in [0.2, 0.25) is 0 Å². The lowest BCUT2D eigenvalue weighted by Crippen LogP contribution is -2.34. The second-order valence-electron chi connectivity index (χ2n) is 3.36. The van der Waals surface area contributed by atoms with Gasteiger partial charge in [-0.15, -0.1) is 0 Å². The monoisotopic (exact) mass is 264 g/mol. The number of carbonyl (C=O) groups is 1. The molecule has 102 valence electrons. The van der Waals surface area contributed by atoms with Crippen LogP contribution in [0.4, 0.5) is 13.2 Å². The maximum absolute atomic E-state index is 12.5. The normalized spacial score (nSPS) is 12.0. The van der Waals surface area contributed by atoms with Crippen molar-refractivity contribution < 1.29 is 27.8 Å². The first-order chi connectivity index (χ1) is 8.45. The van der Waals surface area contributed by atoms with Crippen LogP contribution in [0.25, 0.3) is 0 Å². The fraction of sp³-hybridized carbons (Fsp3) is 0.417. The molecule has 1 aromatic carbocycles. The number of alkyl halides is 3. The summed E-state index contributed by atoms with van der Waals surface area (Å²) >= 11 is 0. The number of halogens is 3. The third-order valence-electron chi connectivity index (χ3n) is 1.94. The van der Waals surface area contributed by atoms with Crippen LogP contribution in [0.3, 0.4) is 0 Å². The van der Waals surface area contributed by atoms with E-state index >= 15 is 0 Å². The molecule has 0 amide bonds. The fourth-order valence-corrected chi connectivity index (χ4v) is 1.21. The van der Waals surface area contributed by atoms with Crippen LogP contribution < -0.4 is 4.74 Å². The molecule has 0 fully saturated rings. The highest BCUT2D eigenvalue weighted by Crippen LogP contribution is 2.27. The van der Waals surface area contributed by atoms with E-state index in [0.29, 0.717) is 6.42 Å². The van der Waals surface area contributed by atoms with Crippen molar-refractivity contribution in [1.29, 1.82) is 0 Å². The Bertz CT molecular complexity index is 325. The maximum Gasteiger partial charge on any atom is 0.425 e. The molecule has 1 N–H and O–H groups in total. The molecule has 1 aromatic rings. The van der Waals surface area contributed by atoms with Gasteiger partial charge in [0, 0.05) is 0 Å². The Labute approximate surface area is 103 Å². The van der Waals surface area contributed by atoms with Crippen molar-refractivity contribution in [3.63, 3.8) is 0 Å². The topological polar surface area (TPSA) is 46.5 Å². The minimum Gasteiger partial charge on any atom is -0.483 e. The first-order valence-electron chi connectivity index (χ1n) is 5.32. The average molecular weight is 264 g/mol. The van der Waals surface area contributed by atoms with Gasteiger partial charge in [0.15, 0.2) is 6.10 Å². The number of carboxylic acid groups (broad SMARTS) is 1. The summed E-state index contributed by atoms with van der Waals surface area (Å²) in [6.45, 7) is 1.45.